The number of hydrogen-bond donors (Lipinski definition) is 3. The molecule has 13 heteroatoms. The van der Waals surface area contributed by atoms with Crippen molar-refractivity contribution < 1.29 is 35.5 Å². The second-order valence-electron chi connectivity index (χ2n) is 6.79. The zero-order chi connectivity index (χ0) is 24.6. The summed E-state index contributed by atoms with van der Waals surface area (Å²) in [5.74, 6) is -1.47. The first-order valence-electron chi connectivity index (χ1n) is 9.42. The van der Waals surface area contributed by atoms with E-state index in [1.165, 1.54) is 31.4 Å². The molecule has 0 aliphatic heterocycles. The lowest BCUT2D eigenvalue weighted by molar-refractivity contribution is -0.141. The first-order chi connectivity index (χ1) is 15.4. The molecule has 0 unspecified atom stereocenters. The van der Waals surface area contributed by atoms with Gasteiger partial charge in [-0.3, -0.25) is 9.52 Å². The molecule has 0 aliphatic rings. The summed E-state index contributed by atoms with van der Waals surface area (Å²) in [6.45, 7) is 0.369. The normalized spacial score (nSPS) is 12.1. The Bertz CT molecular complexity index is 1120. The number of halogens is 4. The van der Waals surface area contributed by atoms with E-state index >= 15 is 0 Å². The Morgan fingerprint density at radius 3 is 2.55 bits per heavy atom. The topological polar surface area (TPSA) is 109 Å². The second-order valence-corrected chi connectivity index (χ2v) is 8.54. The smallest absolute Gasteiger partial charge is 0.383 e. The first kappa shape index (κ1) is 26.1. The third kappa shape index (κ3) is 8.69. The van der Waals surface area contributed by atoms with Crippen molar-refractivity contribution in [1.29, 1.82) is 0 Å². The highest BCUT2D eigenvalue weighted by molar-refractivity contribution is 7.92. The van der Waals surface area contributed by atoms with Crippen molar-refractivity contribution in [2.24, 2.45) is 0 Å². The lowest BCUT2D eigenvalue weighted by atomic mass is 10.2. The molecule has 1 aromatic heterocycles. The molecule has 33 heavy (non-hydrogen) atoms. The maximum absolute atomic E-state index is 14.0. The zero-order valence-corrected chi connectivity index (χ0v) is 18.5. The number of alkyl halides is 3. The van der Waals surface area contributed by atoms with Crippen LogP contribution in [-0.4, -0.2) is 45.8 Å². The Morgan fingerprint density at radius 1 is 1.21 bits per heavy atom. The van der Waals surface area contributed by atoms with Gasteiger partial charge in [-0.05, 0) is 35.9 Å². The average Bonchev–Trinajstić information content (AvgIpc) is 2.71. The maximum Gasteiger partial charge on any atom is 0.433 e. The number of anilines is 2. The van der Waals surface area contributed by atoms with Crippen molar-refractivity contribution in [3.05, 3.63) is 59.0 Å². The van der Waals surface area contributed by atoms with E-state index < -0.39 is 33.6 Å². The monoisotopic (exact) mass is 490 g/mol. The summed E-state index contributed by atoms with van der Waals surface area (Å²) in [6.07, 6.45) is -1.35. The number of hydrogen-bond acceptors (Lipinski definition) is 6. The summed E-state index contributed by atoms with van der Waals surface area (Å²) < 4.78 is 82.1. The number of benzene rings is 1. The van der Waals surface area contributed by atoms with Gasteiger partial charge in [0.2, 0.25) is 15.9 Å². The molecule has 1 amide bonds. The lowest BCUT2D eigenvalue weighted by Crippen LogP contribution is -2.20. The number of nitrogens with zero attached hydrogens (tertiary/aromatic N) is 1. The van der Waals surface area contributed by atoms with Crippen LogP contribution in [-0.2, 0) is 32.3 Å². The molecule has 1 aromatic carbocycles. The second kappa shape index (κ2) is 11.1. The number of sulfonamides is 1. The van der Waals surface area contributed by atoms with Crippen molar-refractivity contribution in [3.63, 3.8) is 0 Å². The number of pyridine rings is 1. The molecule has 0 fully saturated rings. The molecule has 0 bridgehead atoms. The van der Waals surface area contributed by atoms with Gasteiger partial charge in [-0.15, -0.1) is 0 Å². The Labute approximate surface area is 188 Å². The van der Waals surface area contributed by atoms with Gasteiger partial charge in [0.25, 0.3) is 0 Å². The molecule has 180 valence electrons. The largest absolute Gasteiger partial charge is 0.433 e. The van der Waals surface area contributed by atoms with E-state index in [1.807, 2.05) is 4.72 Å². The minimum absolute atomic E-state index is 0.0660. The molecular formula is C20H22F4N4O4S. The number of methoxy groups -OCH3 is 1. The van der Waals surface area contributed by atoms with Gasteiger partial charge < -0.3 is 15.4 Å². The number of carbonyl (C=O) groups is 1. The Morgan fingerprint density at radius 2 is 1.94 bits per heavy atom. The Kier molecular flexibility index (Phi) is 8.76. The minimum atomic E-state index is -4.63. The molecule has 0 saturated carbocycles. The summed E-state index contributed by atoms with van der Waals surface area (Å²) in [4.78, 5) is 15.7. The van der Waals surface area contributed by atoms with Crippen LogP contribution in [0.25, 0.3) is 6.08 Å². The van der Waals surface area contributed by atoms with Gasteiger partial charge in [-0.25, -0.2) is 17.8 Å². The van der Waals surface area contributed by atoms with Gasteiger partial charge in [0.1, 0.15) is 17.3 Å². The van der Waals surface area contributed by atoms with Crippen LogP contribution in [0.3, 0.4) is 0 Å². The molecule has 0 atom stereocenters. The number of rotatable bonds is 10. The Hall–Kier alpha value is -3.19. The predicted molar refractivity (Wildman–Crippen MR) is 115 cm³/mol. The highest BCUT2D eigenvalue weighted by atomic mass is 32.2. The van der Waals surface area contributed by atoms with Crippen molar-refractivity contribution in [1.82, 2.24) is 10.3 Å². The molecule has 0 radical (unpaired) electrons. The summed E-state index contributed by atoms with van der Waals surface area (Å²) >= 11 is 0. The fraction of sp³-hybridized carbons (Fsp3) is 0.300. The van der Waals surface area contributed by atoms with E-state index in [2.05, 4.69) is 15.6 Å². The fourth-order valence-corrected chi connectivity index (χ4v) is 3.11. The molecule has 3 N–H and O–H groups in total. The number of carbonyl (C=O) groups excluding carboxylic acids is 1. The summed E-state index contributed by atoms with van der Waals surface area (Å²) in [6, 6.07) is 5.69. The van der Waals surface area contributed by atoms with Crippen LogP contribution in [0.15, 0.2) is 36.4 Å². The fourth-order valence-electron chi connectivity index (χ4n) is 2.54. The molecule has 2 rings (SSSR count). The maximum atomic E-state index is 14.0. The molecule has 0 saturated heterocycles. The van der Waals surface area contributed by atoms with Crippen LogP contribution in [0.2, 0.25) is 0 Å². The highest BCUT2D eigenvalue weighted by Gasteiger charge is 2.32. The lowest BCUT2D eigenvalue weighted by Gasteiger charge is -2.12. The van der Waals surface area contributed by atoms with Crippen LogP contribution in [0, 0.1) is 5.82 Å². The van der Waals surface area contributed by atoms with Crippen molar-refractivity contribution >= 4 is 33.5 Å². The van der Waals surface area contributed by atoms with Crippen LogP contribution in [0.5, 0.6) is 0 Å². The van der Waals surface area contributed by atoms with Crippen LogP contribution in [0.4, 0.5) is 29.1 Å². The zero-order valence-electron chi connectivity index (χ0n) is 17.7. The Balaban J connectivity index is 2.06. The highest BCUT2D eigenvalue weighted by Crippen LogP contribution is 2.29. The number of aromatic nitrogens is 1. The van der Waals surface area contributed by atoms with E-state index in [4.69, 9.17) is 4.74 Å². The average molecular weight is 490 g/mol. The van der Waals surface area contributed by atoms with Gasteiger partial charge in [0.05, 0.1) is 18.6 Å². The standard InChI is InChI=1S/C20H22F4N4O4S/c1-32-10-9-25-19-14(4-7-17(27-19)20(22,23)24)5-8-18(29)26-12-13-3-6-16(15(21)11-13)28-33(2,30)31/h3-8,11,28H,9-10,12H2,1-2H3,(H,25,27)(H,26,29)/b8-5-. The third-order valence-electron chi connectivity index (χ3n) is 4.03. The van der Waals surface area contributed by atoms with Crippen molar-refractivity contribution in [2.45, 2.75) is 12.7 Å². The number of ether oxygens (including phenoxy) is 1. The van der Waals surface area contributed by atoms with Gasteiger partial charge in [0, 0.05) is 31.8 Å². The van der Waals surface area contributed by atoms with E-state index in [9.17, 15) is 30.8 Å². The quantitative estimate of drug-likeness (QED) is 0.268. The first-order valence-corrected chi connectivity index (χ1v) is 11.3. The summed E-state index contributed by atoms with van der Waals surface area (Å²) in [7, 11) is -2.20. The molecule has 8 nitrogen and oxygen atoms in total. The van der Waals surface area contributed by atoms with Crippen LogP contribution in [0.1, 0.15) is 16.8 Å². The minimum Gasteiger partial charge on any atom is -0.383 e. The van der Waals surface area contributed by atoms with Gasteiger partial charge >= 0.3 is 6.18 Å². The number of amides is 1. The van der Waals surface area contributed by atoms with E-state index in [0.29, 0.717) is 5.56 Å². The van der Waals surface area contributed by atoms with Crippen molar-refractivity contribution in [2.75, 3.05) is 36.6 Å². The van der Waals surface area contributed by atoms with Gasteiger partial charge in [-0.2, -0.15) is 13.2 Å². The van der Waals surface area contributed by atoms with Gasteiger partial charge in [-0.1, -0.05) is 6.07 Å². The van der Waals surface area contributed by atoms with Gasteiger partial charge in [0.15, 0.2) is 0 Å². The molecule has 1 heterocycles. The van der Waals surface area contributed by atoms with Crippen LogP contribution >= 0.6 is 0 Å². The van der Waals surface area contributed by atoms with Crippen molar-refractivity contribution in [3.8, 4) is 0 Å². The SMILES string of the molecule is COCCNc1nc(C(F)(F)F)ccc1/C=C\C(=O)NCc1ccc(NS(C)(=O)=O)c(F)c1. The predicted octanol–water partition coefficient (Wildman–Crippen LogP) is 3.00. The molecular weight excluding hydrogens is 468 g/mol. The summed E-state index contributed by atoms with van der Waals surface area (Å²) in [5.41, 5.74) is -0.696. The summed E-state index contributed by atoms with van der Waals surface area (Å²) in [5, 5.41) is 5.23. The van der Waals surface area contributed by atoms with E-state index in [0.717, 1.165) is 24.5 Å². The van der Waals surface area contributed by atoms with E-state index in [1.54, 1.807) is 0 Å². The molecule has 0 spiro atoms. The number of nitrogens with one attached hydrogen (secondary N) is 3. The molecule has 2 aromatic rings. The van der Waals surface area contributed by atoms with E-state index in [-0.39, 0.29) is 36.8 Å². The third-order valence-corrected chi connectivity index (χ3v) is 4.62. The van der Waals surface area contributed by atoms with Crippen LogP contribution < -0.4 is 15.4 Å². The molecule has 0 aliphatic carbocycles.